The Kier molecular flexibility index (Phi) is 31.0. The summed E-state index contributed by atoms with van der Waals surface area (Å²) in [5.74, 6) is 0. The minimum Gasteiger partial charge on any atom is -0.320 e. The van der Waals surface area contributed by atoms with Crippen molar-refractivity contribution in [3.63, 3.8) is 0 Å². The molecule has 0 saturated heterocycles. The van der Waals surface area contributed by atoms with Gasteiger partial charge in [0.2, 0.25) is 0 Å². The molecule has 0 heterocycles. The Hall–Kier alpha value is 0.250. The largest absolute Gasteiger partial charge is 0.320 e. The first-order valence-corrected chi connectivity index (χ1v) is 12.6. The molecule has 0 aromatic rings. The molecule has 0 bridgehead atoms. The second kappa shape index (κ2) is 28.5. The van der Waals surface area contributed by atoms with Gasteiger partial charge >= 0.3 is 0 Å². The van der Waals surface area contributed by atoms with Gasteiger partial charge < -0.3 is 5.32 Å². The Balaban J connectivity index is 0. The molecule has 0 fully saturated rings. The Labute approximate surface area is 179 Å². The molecule has 2 heteroatoms. The van der Waals surface area contributed by atoms with Crippen LogP contribution in [0.1, 0.15) is 148 Å². The van der Waals surface area contributed by atoms with E-state index in [-0.39, 0.29) is 12.4 Å². The normalized spacial score (nSPS) is 10.9. The smallest absolute Gasteiger partial charge is 0.00519 e. The van der Waals surface area contributed by atoms with Crippen molar-refractivity contribution in [2.45, 2.75) is 148 Å². The fraction of sp³-hybridized carbons (Fsp3) is 1.00. The van der Waals surface area contributed by atoms with Crippen LogP contribution in [0.4, 0.5) is 0 Å². The van der Waals surface area contributed by atoms with Gasteiger partial charge in [-0.05, 0) is 20.0 Å². The van der Waals surface area contributed by atoms with Crippen molar-refractivity contribution in [3.8, 4) is 0 Å². The van der Waals surface area contributed by atoms with E-state index < -0.39 is 0 Å². The third-order valence-electron chi connectivity index (χ3n) is 5.78. The molecule has 0 spiro atoms. The summed E-state index contributed by atoms with van der Waals surface area (Å²) in [5.41, 5.74) is 0. The summed E-state index contributed by atoms with van der Waals surface area (Å²) in [6, 6.07) is 0. The molecule has 0 aromatic carbocycles. The molecule has 0 unspecified atom stereocenters. The lowest BCUT2D eigenvalue weighted by Crippen LogP contribution is -2.06. The molecule has 0 aliphatic heterocycles. The van der Waals surface area contributed by atoms with E-state index in [2.05, 4.69) is 19.3 Å². The van der Waals surface area contributed by atoms with Crippen molar-refractivity contribution in [3.05, 3.63) is 0 Å². The van der Waals surface area contributed by atoms with Crippen molar-refractivity contribution in [2.24, 2.45) is 0 Å². The molecule has 166 valence electrons. The van der Waals surface area contributed by atoms with E-state index in [1.165, 1.54) is 148 Å². The number of hydrogen-bond acceptors (Lipinski definition) is 1. The van der Waals surface area contributed by atoms with Gasteiger partial charge in [-0.1, -0.05) is 142 Å². The topological polar surface area (TPSA) is 12.0 Å². The summed E-state index contributed by atoms with van der Waals surface area (Å²) in [7, 11) is 2.05. The maximum atomic E-state index is 3.23. The van der Waals surface area contributed by atoms with Crippen LogP contribution in [0.5, 0.6) is 0 Å². The van der Waals surface area contributed by atoms with Crippen LogP contribution in [-0.2, 0) is 0 Å². The van der Waals surface area contributed by atoms with Crippen LogP contribution >= 0.6 is 12.4 Å². The van der Waals surface area contributed by atoms with Crippen LogP contribution in [0, 0.1) is 0 Å². The zero-order valence-electron chi connectivity index (χ0n) is 19.2. The van der Waals surface area contributed by atoms with Gasteiger partial charge in [0, 0.05) is 0 Å². The van der Waals surface area contributed by atoms with Crippen LogP contribution < -0.4 is 5.32 Å². The molecular weight excluding hydrogens is 350 g/mol. The lowest BCUT2D eigenvalue weighted by Gasteiger charge is -2.04. The molecule has 1 nitrogen and oxygen atoms in total. The van der Waals surface area contributed by atoms with E-state index in [1.54, 1.807) is 0 Å². The van der Waals surface area contributed by atoms with Crippen LogP contribution in [0.15, 0.2) is 0 Å². The van der Waals surface area contributed by atoms with Gasteiger partial charge in [-0.15, -0.1) is 12.4 Å². The third-order valence-corrected chi connectivity index (χ3v) is 5.78. The van der Waals surface area contributed by atoms with E-state index in [4.69, 9.17) is 0 Å². The average Bonchev–Trinajstić information content (AvgIpc) is 2.66. The average molecular weight is 404 g/mol. The van der Waals surface area contributed by atoms with Gasteiger partial charge in [-0.25, -0.2) is 0 Å². The highest BCUT2D eigenvalue weighted by Gasteiger charge is 1.95. The molecule has 0 amide bonds. The Bertz CT molecular complexity index is 208. The molecule has 0 rings (SSSR count). The van der Waals surface area contributed by atoms with Crippen molar-refractivity contribution in [1.82, 2.24) is 5.32 Å². The molecule has 0 aliphatic carbocycles. The van der Waals surface area contributed by atoms with E-state index in [9.17, 15) is 0 Å². The molecule has 0 aromatic heterocycles. The monoisotopic (exact) mass is 403 g/mol. The number of unbranched alkanes of at least 4 members (excludes halogenated alkanes) is 21. The van der Waals surface area contributed by atoms with Gasteiger partial charge in [0.05, 0.1) is 0 Å². The van der Waals surface area contributed by atoms with E-state index in [0.717, 1.165) is 0 Å². The van der Waals surface area contributed by atoms with E-state index >= 15 is 0 Å². The first-order valence-electron chi connectivity index (χ1n) is 12.6. The van der Waals surface area contributed by atoms with Crippen molar-refractivity contribution >= 4 is 12.4 Å². The number of halogens is 1. The summed E-state index contributed by atoms with van der Waals surface area (Å²) in [5, 5.41) is 3.23. The fourth-order valence-corrected chi connectivity index (χ4v) is 3.91. The zero-order valence-corrected chi connectivity index (χ0v) is 20.0. The van der Waals surface area contributed by atoms with Crippen molar-refractivity contribution in [2.75, 3.05) is 13.6 Å². The van der Waals surface area contributed by atoms with Crippen LogP contribution in [0.25, 0.3) is 0 Å². The highest BCUT2D eigenvalue weighted by molar-refractivity contribution is 5.85. The van der Waals surface area contributed by atoms with Crippen LogP contribution in [0.2, 0.25) is 0 Å². The van der Waals surface area contributed by atoms with Gasteiger partial charge in [0.15, 0.2) is 0 Å². The summed E-state index contributed by atoms with van der Waals surface area (Å²) in [4.78, 5) is 0. The van der Waals surface area contributed by atoms with Crippen LogP contribution in [-0.4, -0.2) is 13.6 Å². The Morgan fingerprint density at radius 2 is 0.593 bits per heavy atom. The summed E-state index contributed by atoms with van der Waals surface area (Å²) < 4.78 is 0. The minimum absolute atomic E-state index is 0. The Morgan fingerprint density at radius 1 is 0.370 bits per heavy atom. The van der Waals surface area contributed by atoms with Crippen LogP contribution in [0.3, 0.4) is 0 Å². The third kappa shape index (κ3) is 28.6. The predicted molar refractivity (Wildman–Crippen MR) is 128 cm³/mol. The molecule has 0 aliphatic rings. The molecular formula is C25H54ClN. The molecule has 1 N–H and O–H groups in total. The zero-order chi connectivity index (χ0) is 19.0. The second-order valence-electron chi connectivity index (χ2n) is 8.53. The first-order chi connectivity index (χ1) is 12.9. The number of nitrogens with one attached hydrogen (secondary N) is 1. The lowest BCUT2D eigenvalue weighted by molar-refractivity contribution is 0.518. The maximum Gasteiger partial charge on any atom is -0.00519 e. The molecule has 0 radical (unpaired) electrons. The highest BCUT2D eigenvalue weighted by Crippen LogP contribution is 2.15. The maximum absolute atomic E-state index is 3.23. The van der Waals surface area contributed by atoms with E-state index in [1.807, 2.05) is 0 Å². The second-order valence-corrected chi connectivity index (χ2v) is 8.53. The Morgan fingerprint density at radius 3 is 0.815 bits per heavy atom. The highest BCUT2D eigenvalue weighted by atomic mass is 35.5. The number of hydrogen-bond donors (Lipinski definition) is 1. The van der Waals surface area contributed by atoms with Gasteiger partial charge in [-0.2, -0.15) is 0 Å². The molecule has 0 atom stereocenters. The summed E-state index contributed by atoms with van der Waals surface area (Å²) in [6.07, 6.45) is 32.2. The molecule has 27 heavy (non-hydrogen) atoms. The SMILES string of the molecule is CCCCCCCCCCCCCCCCCCCCCCCCNC.Cl. The van der Waals surface area contributed by atoms with Gasteiger partial charge in [0.1, 0.15) is 0 Å². The van der Waals surface area contributed by atoms with Crippen molar-refractivity contribution < 1.29 is 0 Å². The quantitative estimate of drug-likeness (QED) is 0.167. The predicted octanol–water partition coefficient (Wildman–Crippen LogP) is 9.23. The summed E-state index contributed by atoms with van der Waals surface area (Å²) in [6.45, 7) is 3.49. The van der Waals surface area contributed by atoms with E-state index in [0.29, 0.717) is 0 Å². The van der Waals surface area contributed by atoms with Crippen molar-refractivity contribution in [1.29, 1.82) is 0 Å². The fourth-order valence-electron chi connectivity index (χ4n) is 3.91. The minimum atomic E-state index is 0. The van der Waals surface area contributed by atoms with Gasteiger partial charge in [-0.3, -0.25) is 0 Å². The lowest BCUT2D eigenvalue weighted by atomic mass is 10.0. The molecule has 0 saturated carbocycles. The van der Waals surface area contributed by atoms with Gasteiger partial charge in [0.25, 0.3) is 0 Å². The first kappa shape index (κ1) is 29.5. The summed E-state index contributed by atoms with van der Waals surface area (Å²) >= 11 is 0. The standard InChI is InChI=1S/C25H53N.ClH/c1-3-4-5-6-7-8-9-10-11-12-13-14-15-16-17-18-19-20-21-22-23-24-25-26-2;/h26H,3-25H2,1-2H3;1H. The number of rotatable bonds is 23.